The van der Waals surface area contributed by atoms with Gasteiger partial charge in [0.15, 0.2) is 0 Å². The van der Waals surface area contributed by atoms with Crippen molar-refractivity contribution in [1.82, 2.24) is 19.7 Å². The van der Waals surface area contributed by atoms with Gasteiger partial charge >= 0.3 is 5.69 Å². The van der Waals surface area contributed by atoms with Gasteiger partial charge in [-0.05, 0) is 29.8 Å². The Balaban J connectivity index is 2.75. The van der Waals surface area contributed by atoms with E-state index in [4.69, 9.17) is 5.73 Å². The van der Waals surface area contributed by atoms with Crippen molar-refractivity contribution in [3.05, 3.63) is 32.3 Å². The van der Waals surface area contributed by atoms with E-state index >= 15 is 0 Å². The maximum absolute atomic E-state index is 11.0. The minimum Gasteiger partial charge on any atom is -0.378 e. The van der Waals surface area contributed by atoms with Gasteiger partial charge in [-0.1, -0.05) is 0 Å². The second-order valence-corrected chi connectivity index (χ2v) is 4.38. The molecular weight excluding hydrogens is 304 g/mol. The Morgan fingerprint density at radius 3 is 2.61 bits per heavy atom. The number of nitro groups is 1. The largest absolute Gasteiger partial charge is 0.378 e. The summed E-state index contributed by atoms with van der Waals surface area (Å²) in [6, 6.07) is 0. The van der Waals surface area contributed by atoms with E-state index < -0.39 is 4.92 Å². The number of halogens is 1. The van der Waals surface area contributed by atoms with Crippen LogP contribution in [-0.4, -0.2) is 24.7 Å². The Bertz CT molecular complexity index is 638. The van der Waals surface area contributed by atoms with Gasteiger partial charge in [-0.3, -0.25) is 10.1 Å². The number of nitrogen functional groups attached to an aromatic ring is 1. The molecule has 2 aromatic rings. The number of anilines is 1. The number of rotatable bonds is 2. The average molecular weight is 313 g/mol. The SMILES string of the molecule is Cc1nn(-c2ncnc(N)c2[N+](=O)[O-])c(C)c1Br. The van der Waals surface area contributed by atoms with Gasteiger partial charge in [-0.25, -0.2) is 14.6 Å². The first-order valence-corrected chi connectivity index (χ1v) is 5.69. The molecule has 0 spiro atoms. The van der Waals surface area contributed by atoms with Crippen LogP contribution in [0.3, 0.4) is 0 Å². The van der Waals surface area contributed by atoms with Crippen LogP contribution in [0.4, 0.5) is 11.5 Å². The van der Waals surface area contributed by atoms with Gasteiger partial charge in [0.2, 0.25) is 11.6 Å². The van der Waals surface area contributed by atoms with Crippen molar-refractivity contribution in [2.24, 2.45) is 0 Å². The summed E-state index contributed by atoms with van der Waals surface area (Å²) in [7, 11) is 0. The lowest BCUT2D eigenvalue weighted by Gasteiger charge is -2.04. The topological polar surface area (TPSA) is 113 Å². The molecule has 0 amide bonds. The highest BCUT2D eigenvalue weighted by atomic mass is 79.9. The third-order valence-corrected chi connectivity index (χ3v) is 3.57. The number of nitrogens with two attached hydrogens (primary N) is 1. The van der Waals surface area contributed by atoms with Crippen LogP contribution < -0.4 is 5.73 Å². The van der Waals surface area contributed by atoms with Crippen molar-refractivity contribution in [2.75, 3.05) is 5.73 Å². The molecule has 0 saturated carbocycles. The molecule has 0 aromatic carbocycles. The van der Waals surface area contributed by atoms with E-state index in [2.05, 4.69) is 31.0 Å². The predicted molar refractivity (Wildman–Crippen MR) is 67.4 cm³/mol. The standard InChI is InChI=1S/C9H9BrN6O2/c1-4-6(10)5(2)15(14-4)9-7(16(17)18)8(11)12-3-13-9/h3H,1-2H3,(H2,11,12,13). The molecule has 0 bridgehead atoms. The number of hydrogen-bond donors (Lipinski definition) is 1. The highest BCUT2D eigenvalue weighted by molar-refractivity contribution is 9.10. The van der Waals surface area contributed by atoms with Gasteiger partial charge < -0.3 is 5.73 Å². The van der Waals surface area contributed by atoms with E-state index in [-0.39, 0.29) is 17.3 Å². The first-order chi connectivity index (χ1) is 8.43. The monoisotopic (exact) mass is 312 g/mol. The lowest BCUT2D eigenvalue weighted by atomic mass is 10.4. The molecule has 0 aliphatic rings. The molecular formula is C9H9BrN6O2. The number of aryl methyl sites for hydroxylation is 1. The van der Waals surface area contributed by atoms with Gasteiger partial charge in [0, 0.05) is 0 Å². The second-order valence-electron chi connectivity index (χ2n) is 3.58. The molecule has 9 heteroatoms. The summed E-state index contributed by atoms with van der Waals surface area (Å²) < 4.78 is 2.14. The molecule has 8 nitrogen and oxygen atoms in total. The Morgan fingerprint density at radius 2 is 2.11 bits per heavy atom. The zero-order valence-corrected chi connectivity index (χ0v) is 11.2. The number of aromatic nitrogens is 4. The first-order valence-electron chi connectivity index (χ1n) is 4.90. The molecule has 0 atom stereocenters. The molecule has 2 aromatic heterocycles. The van der Waals surface area contributed by atoms with Crippen molar-refractivity contribution >= 4 is 27.4 Å². The van der Waals surface area contributed by atoms with Crippen LogP contribution in [0.25, 0.3) is 5.82 Å². The minimum atomic E-state index is -0.616. The third-order valence-electron chi connectivity index (χ3n) is 2.42. The first kappa shape index (κ1) is 12.4. The number of nitrogens with zero attached hydrogens (tertiary/aromatic N) is 5. The number of hydrogen-bond acceptors (Lipinski definition) is 6. The summed E-state index contributed by atoms with van der Waals surface area (Å²) in [6.45, 7) is 3.55. The Kier molecular flexibility index (Phi) is 2.99. The van der Waals surface area contributed by atoms with Crippen LogP contribution in [0.15, 0.2) is 10.8 Å². The molecule has 0 aliphatic heterocycles. The summed E-state index contributed by atoms with van der Waals surface area (Å²) in [5.74, 6) is -0.132. The zero-order valence-electron chi connectivity index (χ0n) is 9.59. The smallest absolute Gasteiger partial charge is 0.355 e. The Morgan fingerprint density at radius 1 is 1.44 bits per heavy atom. The highest BCUT2D eigenvalue weighted by Crippen LogP contribution is 2.29. The Labute approximate surface area is 110 Å². The van der Waals surface area contributed by atoms with Gasteiger partial charge in [0.05, 0.1) is 20.8 Å². The molecule has 2 rings (SSSR count). The molecule has 18 heavy (non-hydrogen) atoms. The average Bonchev–Trinajstić information content (AvgIpc) is 2.56. The van der Waals surface area contributed by atoms with Crippen molar-refractivity contribution in [1.29, 1.82) is 0 Å². The van der Waals surface area contributed by atoms with Crippen LogP contribution in [0.5, 0.6) is 0 Å². The molecule has 2 heterocycles. The fraction of sp³-hybridized carbons (Fsp3) is 0.222. The van der Waals surface area contributed by atoms with Crippen molar-refractivity contribution in [3.63, 3.8) is 0 Å². The molecule has 2 N–H and O–H groups in total. The van der Waals surface area contributed by atoms with Gasteiger partial charge in [-0.15, -0.1) is 0 Å². The lowest BCUT2D eigenvalue weighted by molar-refractivity contribution is -0.384. The maximum atomic E-state index is 11.0. The van der Waals surface area contributed by atoms with Crippen molar-refractivity contribution < 1.29 is 4.92 Å². The second kappa shape index (κ2) is 4.33. The van der Waals surface area contributed by atoms with Crippen LogP contribution in [0.1, 0.15) is 11.4 Å². The van der Waals surface area contributed by atoms with E-state index in [0.717, 1.165) is 4.47 Å². The van der Waals surface area contributed by atoms with Crippen molar-refractivity contribution in [2.45, 2.75) is 13.8 Å². The van der Waals surface area contributed by atoms with Crippen LogP contribution >= 0.6 is 15.9 Å². The maximum Gasteiger partial charge on any atom is 0.355 e. The minimum absolute atomic E-state index is 0.0544. The molecule has 0 fully saturated rings. The van der Waals surface area contributed by atoms with Crippen molar-refractivity contribution in [3.8, 4) is 5.82 Å². The normalized spacial score (nSPS) is 10.6. The summed E-state index contributed by atoms with van der Waals surface area (Å²) in [6.07, 6.45) is 1.17. The fourth-order valence-corrected chi connectivity index (χ4v) is 1.79. The highest BCUT2D eigenvalue weighted by Gasteiger charge is 2.25. The quantitative estimate of drug-likeness (QED) is 0.664. The van der Waals surface area contributed by atoms with E-state index in [1.165, 1.54) is 11.0 Å². The van der Waals surface area contributed by atoms with Gasteiger partial charge in [0.25, 0.3) is 0 Å². The summed E-state index contributed by atoms with van der Waals surface area (Å²) >= 11 is 3.35. The summed E-state index contributed by atoms with van der Waals surface area (Å²) in [5.41, 5.74) is 6.57. The molecule has 94 valence electrons. The van der Waals surface area contributed by atoms with E-state index in [0.29, 0.717) is 11.4 Å². The van der Waals surface area contributed by atoms with Crippen LogP contribution in [0.2, 0.25) is 0 Å². The van der Waals surface area contributed by atoms with E-state index in [1.807, 2.05) is 0 Å². The summed E-state index contributed by atoms with van der Waals surface area (Å²) in [5, 5.41) is 15.2. The van der Waals surface area contributed by atoms with Gasteiger partial charge in [0.1, 0.15) is 6.33 Å². The molecule has 0 radical (unpaired) electrons. The fourth-order valence-electron chi connectivity index (χ4n) is 1.54. The molecule has 0 saturated heterocycles. The lowest BCUT2D eigenvalue weighted by Crippen LogP contribution is -2.09. The van der Waals surface area contributed by atoms with Gasteiger partial charge in [-0.2, -0.15) is 5.10 Å². The molecule has 0 aliphatic carbocycles. The van der Waals surface area contributed by atoms with Crippen LogP contribution in [-0.2, 0) is 0 Å². The van der Waals surface area contributed by atoms with E-state index in [9.17, 15) is 10.1 Å². The third kappa shape index (κ3) is 1.82. The van der Waals surface area contributed by atoms with Crippen LogP contribution in [0, 0.1) is 24.0 Å². The summed E-state index contributed by atoms with van der Waals surface area (Å²) in [4.78, 5) is 17.9. The molecule has 0 unspecified atom stereocenters. The zero-order chi connectivity index (χ0) is 13.4. The Hall–Kier alpha value is -2.03. The van der Waals surface area contributed by atoms with E-state index in [1.54, 1.807) is 13.8 Å². The predicted octanol–water partition coefficient (Wildman–Crippen LogP) is 1.53.